The number of aromatic amines is 1. The summed E-state index contributed by atoms with van der Waals surface area (Å²) in [5.74, 6) is 1.16. The molecule has 4 rings (SSSR count). The monoisotopic (exact) mass is 391 g/mol. The molecule has 0 saturated carbocycles. The lowest BCUT2D eigenvalue weighted by Crippen LogP contribution is -2.39. The Bertz CT molecular complexity index is 980. The number of methoxy groups -OCH3 is 1. The lowest BCUT2D eigenvalue weighted by Gasteiger charge is -2.32. The van der Waals surface area contributed by atoms with Crippen molar-refractivity contribution in [3.05, 3.63) is 70.5 Å². The van der Waals surface area contributed by atoms with Gasteiger partial charge in [-0.2, -0.15) is 0 Å². The minimum Gasteiger partial charge on any atom is -0.497 e. The van der Waals surface area contributed by atoms with Gasteiger partial charge in [-0.3, -0.25) is 14.7 Å². The number of piperidine rings is 1. The Labute approximate surface area is 169 Å². The van der Waals surface area contributed by atoms with Crippen LogP contribution >= 0.6 is 0 Å². The minimum atomic E-state index is -0.255. The predicted molar refractivity (Wildman–Crippen MR) is 113 cm³/mol. The first-order valence-corrected chi connectivity index (χ1v) is 9.85. The molecule has 2 aromatic carbocycles. The molecule has 1 fully saturated rings. The van der Waals surface area contributed by atoms with E-state index in [0.29, 0.717) is 17.2 Å². The van der Waals surface area contributed by atoms with Gasteiger partial charge in [-0.25, -0.2) is 0 Å². The van der Waals surface area contributed by atoms with Crippen molar-refractivity contribution in [2.75, 3.05) is 25.5 Å². The molecule has 1 aromatic heterocycles. The van der Waals surface area contributed by atoms with Gasteiger partial charge in [-0.1, -0.05) is 30.3 Å². The SMILES string of the molecule is COc1ccc(-c2nnc(NC3CCN(Cc4ccccc4)CC3)[nH]c2=O)cc1. The van der Waals surface area contributed by atoms with E-state index < -0.39 is 0 Å². The second kappa shape index (κ2) is 8.87. The van der Waals surface area contributed by atoms with Gasteiger partial charge in [0.15, 0.2) is 5.69 Å². The first-order chi connectivity index (χ1) is 14.2. The Morgan fingerprint density at radius 3 is 2.45 bits per heavy atom. The Morgan fingerprint density at radius 1 is 1.07 bits per heavy atom. The van der Waals surface area contributed by atoms with Crippen molar-refractivity contribution in [3.8, 4) is 17.0 Å². The van der Waals surface area contributed by atoms with Crippen molar-refractivity contribution in [3.63, 3.8) is 0 Å². The van der Waals surface area contributed by atoms with Crippen LogP contribution in [0.2, 0.25) is 0 Å². The van der Waals surface area contributed by atoms with Gasteiger partial charge in [-0.15, -0.1) is 10.2 Å². The van der Waals surface area contributed by atoms with Crippen molar-refractivity contribution < 1.29 is 4.74 Å². The number of hydrogen-bond donors (Lipinski definition) is 2. The third-order valence-electron chi connectivity index (χ3n) is 5.24. The van der Waals surface area contributed by atoms with Gasteiger partial charge in [0, 0.05) is 31.2 Å². The molecule has 0 radical (unpaired) electrons. The molecule has 7 nitrogen and oxygen atoms in total. The quantitative estimate of drug-likeness (QED) is 0.672. The number of nitrogens with zero attached hydrogens (tertiary/aromatic N) is 3. The van der Waals surface area contributed by atoms with E-state index in [9.17, 15) is 4.79 Å². The molecule has 2 N–H and O–H groups in total. The number of hydrogen-bond acceptors (Lipinski definition) is 6. The van der Waals surface area contributed by atoms with Gasteiger partial charge in [0.1, 0.15) is 5.75 Å². The first kappa shape index (κ1) is 19.1. The first-order valence-electron chi connectivity index (χ1n) is 9.85. The zero-order chi connectivity index (χ0) is 20.1. The topological polar surface area (TPSA) is 83.1 Å². The maximum Gasteiger partial charge on any atom is 0.279 e. The summed E-state index contributed by atoms with van der Waals surface area (Å²) in [7, 11) is 1.61. The summed E-state index contributed by atoms with van der Waals surface area (Å²) in [5, 5.41) is 11.6. The zero-order valence-electron chi connectivity index (χ0n) is 16.5. The molecule has 1 saturated heterocycles. The van der Waals surface area contributed by atoms with Gasteiger partial charge < -0.3 is 10.1 Å². The lowest BCUT2D eigenvalue weighted by molar-refractivity contribution is 0.211. The van der Waals surface area contributed by atoms with Crippen molar-refractivity contribution in [1.82, 2.24) is 20.1 Å². The number of anilines is 1. The predicted octanol–water partition coefficient (Wildman–Crippen LogP) is 2.92. The van der Waals surface area contributed by atoms with E-state index in [-0.39, 0.29) is 11.6 Å². The van der Waals surface area contributed by atoms with Crippen LogP contribution in [0.15, 0.2) is 59.4 Å². The standard InChI is InChI=1S/C22H25N5O2/c1-29-19-9-7-17(8-10-19)20-21(28)24-22(26-25-20)23-18-11-13-27(14-12-18)15-16-5-3-2-4-6-16/h2-10,18H,11-15H2,1H3,(H2,23,24,26,28). The molecule has 29 heavy (non-hydrogen) atoms. The minimum absolute atomic E-state index is 0.255. The van der Waals surface area contributed by atoms with Gasteiger partial charge in [-0.05, 0) is 42.7 Å². The largest absolute Gasteiger partial charge is 0.497 e. The fourth-order valence-electron chi connectivity index (χ4n) is 3.61. The fraction of sp³-hybridized carbons (Fsp3) is 0.318. The number of nitrogens with one attached hydrogen (secondary N) is 2. The van der Waals surface area contributed by atoms with Crippen LogP contribution in [0, 0.1) is 0 Å². The summed E-state index contributed by atoms with van der Waals surface area (Å²) < 4.78 is 5.14. The maximum atomic E-state index is 12.5. The summed E-state index contributed by atoms with van der Waals surface area (Å²) in [6.45, 7) is 2.99. The third-order valence-corrected chi connectivity index (χ3v) is 5.24. The van der Waals surface area contributed by atoms with Crippen LogP contribution in [-0.4, -0.2) is 46.3 Å². The number of benzene rings is 2. The molecule has 150 valence electrons. The highest BCUT2D eigenvalue weighted by atomic mass is 16.5. The molecule has 0 atom stereocenters. The summed E-state index contributed by atoms with van der Waals surface area (Å²) in [6, 6.07) is 18.0. The Morgan fingerprint density at radius 2 is 1.79 bits per heavy atom. The van der Waals surface area contributed by atoms with Crippen LogP contribution in [-0.2, 0) is 6.54 Å². The van der Waals surface area contributed by atoms with Crippen LogP contribution < -0.4 is 15.6 Å². The second-order valence-electron chi connectivity index (χ2n) is 7.26. The number of H-pyrrole nitrogens is 1. The molecular weight excluding hydrogens is 366 g/mol. The normalized spacial score (nSPS) is 15.2. The van der Waals surface area contributed by atoms with E-state index in [1.165, 1.54) is 5.56 Å². The van der Waals surface area contributed by atoms with Crippen LogP contribution in [0.4, 0.5) is 5.95 Å². The van der Waals surface area contributed by atoms with Crippen molar-refractivity contribution in [2.45, 2.75) is 25.4 Å². The van der Waals surface area contributed by atoms with Crippen molar-refractivity contribution in [2.24, 2.45) is 0 Å². The average Bonchev–Trinajstić information content (AvgIpc) is 2.76. The molecule has 3 aromatic rings. The Kier molecular flexibility index (Phi) is 5.86. The second-order valence-corrected chi connectivity index (χ2v) is 7.26. The van der Waals surface area contributed by atoms with Crippen molar-refractivity contribution in [1.29, 1.82) is 0 Å². The highest BCUT2D eigenvalue weighted by Crippen LogP contribution is 2.19. The van der Waals surface area contributed by atoms with Crippen LogP contribution in [0.5, 0.6) is 5.75 Å². The molecule has 7 heteroatoms. The van der Waals surface area contributed by atoms with Gasteiger partial charge in [0.25, 0.3) is 5.56 Å². The number of rotatable bonds is 6. The molecule has 0 spiro atoms. The molecule has 2 heterocycles. The van der Waals surface area contributed by atoms with E-state index in [1.807, 2.05) is 6.07 Å². The molecule has 0 bridgehead atoms. The molecule has 0 unspecified atom stereocenters. The smallest absolute Gasteiger partial charge is 0.279 e. The van der Waals surface area contributed by atoms with Gasteiger partial charge in [0.2, 0.25) is 5.95 Å². The van der Waals surface area contributed by atoms with Crippen LogP contribution in [0.25, 0.3) is 11.3 Å². The highest BCUT2D eigenvalue weighted by Gasteiger charge is 2.20. The molecule has 1 aliphatic heterocycles. The lowest BCUT2D eigenvalue weighted by atomic mass is 10.0. The van der Waals surface area contributed by atoms with Crippen molar-refractivity contribution >= 4 is 5.95 Å². The van der Waals surface area contributed by atoms with E-state index in [1.54, 1.807) is 31.4 Å². The Hall–Kier alpha value is -3.19. The van der Waals surface area contributed by atoms with Crippen LogP contribution in [0.1, 0.15) is 18.4 Å². The summed E-state index contributed by atoms with van der Waals surface area (Å²) >= 11 is 0. The fourth-order valence-corrected chi connectivity index (χ4v) is 3.61. The van der Waals surface area contributed by atoms with E-state index in [2.05, 4.69) is 49.7 Å². The molecule has 0 amide bonds. The molecular formula is C22H25N5O2. The number of aromatic nitrogens is 3. The zero-order valence-corrected chi connectivity index (χ0v) is 16.5. The number of ether oxygens (including phenoxy) is 1. The Balaban J connectivity index is 1.34. The number of likely N-dealkylation sites (tertiary alicyclic amines) is 1. The molecule has 0 aliphatic carbocycles. The average molecular weight is 391 g/mol. The maximum absolute atomic E-state index is 12.5. The summed E-state index contributed by atoms with van der Waals surface area (Å²) in [5.41, 5.74) is 2.09. The summed E-state index contributed by atoms with van der Waals surface area (Å²) in [4.78, 5) is 17.7. The third kappa shape index (κ3) is 4.81. The van der Waals surface area contributed by atoms with E-state index in [0.717, 1.165) is 38.2 Å². The molecule has 1 aliphatic rings. The van der Waals surface area contributed by atoms with E-state index >= 15 is 0 Å². The van der Waals surface area contributed by atoms with E-state index in [4.69, 9.17) is 4.74 Å². The highest BCUT2D eigenvalue weighted by molar-refractivity contribution is 5.58. The van der Waals surface area contributed by atoms with Gasteiger partial charge >= 0.3 is 0 Å². The summed E-state index contributed by atoms with van der Waals surface area (Å²) in [6.07, 6.45) is 1.99. The van der Waals surface area contributed by atoms with Crippen LogP contribution in [0.3, 0.4) is 0 Å². The van der Waals surface area contributed by atoms with Gasteiger partial charge in [0.05, 0.1) is 7.11 Å².